The second-order valence-corrected chi connectivity index (χ2v) is 7.25. The molecular weight excluding hydrogens is 364 g/mol. The van der Waals surface area contributed by atoms with Gasteiger partial charge in [-0.2, -0.15) is 0 Å². The van der Waals surface area contributed by atoms with Gasteiger partial charge >= 0.3 is 0 Å². The Morgan fingerprint density at radius 1 is 0.931 bits per heavy atom. The van der Waals surface area contributed by atoms with E-state index in [1.54, 1.807) is 14.2 Å². The van der Waals surface area contributed by atoms with Gasteiger partial charge in [0.2, 0.25) is 0 Å². The summed E-state index contributed by atoms with van der Waals surface area (Å²) in [5, 5.41) is 4.03. The average Bonchev–Trinajstić information content (AvgIpc) is 3.38. The maximum atomic E-state index is 5.60. The second-order valence-electron chi connectivity index (χ2n) is 7.25. The minimum Gasteiger partial charge on any atom is -0.497 e. The molecule has 0 spiro atoms. The van der Waals surface area contributed by atoms with E-state index < -0.39 is 0 Å². The number of benzene rings is 2. The fourth-order valence-corrected chi connectivity index (χ4v) is 4.11. The molecule has 5 heteroatoms. The van der Waals surface area contributed by atoms with Crippen LogP contribution in [0.2, 0.25) is 0 Å². The van der Waals surface area contributed by atoms with Crippen molar-refractivity contribution in [1.82, 2.24) is 9.72 Å². The molecule has 1 aliphatic carbocycles. The molecule has 0 amide bonds. The Labute approximate surface area is 169 Å². The third kappa shape index (κ3) is 3.09. The first-order valence-corrected chi connectivity index (χ1v) is 9.70. The van der Waals surface area contributed by atoms with E-state index in [1.165, 1.54) is 27.9 Å². The van der Waals surface area contributed by atoms with Crippen LogP contribution in [0, 0.1) is 0 Å². The van der Waals surface area contributed by atoms with Gasteiger partial charge in [-0.1, -0.05) is 17.3 Å². The summed E-state index contributed by atoms with van der Waals surface area (Å²) in [6, 6.07) is 16.5. The van der Waals surface area contributed by atoms with E-state index in [-0.39, 0.29) is 0 Å². The van der Waals surface area contributed by atoms with Crippen LogP contribution in [0.15, 0.2) is 65.4 Å². The summed E-state index contributed by atoms with van der Waals surface area (Å²) in [6.07, 6.45) is 5.95. The van der Waals surface area contributed by atoms with Gasteiger partial charge in [-0.15, -0.1) is 0 Å². The molecule has 2 aromatic heterocycles. The molecule has 0 aliphatic heterocycles. The molecule has 0 N–H and O–H groups in total. The number of methoxy groups -OCH3 is 2. The van der Waals surface area contributed by atoms with Crippen molar-refractivity contribution in [3.63, 3.8) is 0 Å². The number of aryl methyl sites for hydroxylation is 1. The van der Waals surface area contributed by atoms with E-state index in [9.17, 15) is 0 Å². The van der Waals surface area contributed by atoms with Crippen LogP contribution in [0.25, 0.3) is 22.6 Å². The molecule has 0 radical (unpaired) electrons. The lowest BCUT2D eigenvalue weighted by Gasteiger charge is -2.15. The topological polar surface area (TPSA) is 49.4 Å². The van der Waals surface area contributed by atoms with Crippen molar-refractivity contribution < 1.29 is 14.0 Å². The zero-order chi connectivity index (χ0) is 19.8. The molecule has 5 rings (SSSR count). The summed E-state index contributed by atoms with van der Waals surface area (Å²) in [5.41, 5.74) is 7.24. The molecule has 2 aromatic carbocycles. The van der Waals surface area contributed by atoms with E-state index in [1.807, 2.05) is 30.5 Å². The van der Waals surface area contributed by atoms with E-state index in [2.05, 4.69) is 40.2 Å². The van der Waals surface area contributed by atoms with Gasteiger partial charge in [-0.3, -0.25) is 0 Å². The monoisotopic (exact) mass is 386 g/mol. The Hall–Kier alpha value is -3.47. The van der Waals surface area contributed by atoms with Gasteiger partial charge in [0, 0.05) is 23.9 Å². The Balaban J connectivity index is 1.62. The standard InChI is InChI=1S/C24H22N2O3/c1-27-19-8-3-16(4-9-19)14-26-15-22-21(12-7-18-13-25-29-24(18)22)23(26)17-5-10-20(28-2)11-6-17/h3-6,8-11,13,15H,7,12,14H2,1-2H3. The molecule has 0 bridgehead atoms. The molecule has 2 heterocycles. The van der Waals surface area contributed by atoms with Crippen LogP contribution in [-0.4, -0.2) is 23.9 Å². The number of nitrogens with zero attached hydrogens (tertiary/aromatic N) is 2. The van der Waals surface area contributed by atoms with Crippen molar-refractivity contribution in [1.29, 1.82) is 0 Å². The SMILES string of the molecule is COc1ccc(Cn2cc3c(c2-c2ccc(OC)cc2)CCc2cnoc2-3)cc1. The van der Waals surface area contributed by atoms with Gasteiger partial charge < -0.3 is 18.6 Å². The van der Waals surface area contributed by atoms with Gasteiger partial charge in [0.15, 0.2) is 5.76 Å². The number of hydrogen-bond acceptors (Lipinski definition) is 4. The van der Waals surface area contributed by atoms with Crippen LogP contribution in [0.4, 0.5) is 0 Å². The zero-order valence-electron chi connectivity index (χ0n) is 16.5. The van der Waals surface area contributed by atoms with Gasteiger partial charge in [0.25, 0.3) is 0 Å². The highest BCUT2D eigenvalue weighted by molar-refractivity contribution is 5.78. The molecule has 5 nitrogen and oxygen atoms in total. The van der Waals surface area contributed by atoms with E-state index >= 15 is 0 Å². The minimum absolute atomic E-state index is 0.766. The first-order valence-electron chi connectivity index (χ1n) is 9.70. The van der Waals surface area contributed by atoms with Crippen LogP contribution in [0.1, 0.15) is 16.7 Å². The number of rotatable bonds is 5. The quantitative estimate of drug-likeness (QED) is 0.486. The van der Waals surface area contributed by atoms with Crippen molar-refractivity contribution in [2.75, 3.05) is 14.2 Å². The van der Waals surface area contributed by atoms with Crippen LogP contribution in [0.3, 0.4) is 0 Å². The van der Waals surface area contributed by atoms with Gasteiger partial charge in [-0.05, 0) is 65.9 Å². The highest BCUT2D eigenvalue weighted by Gasteiger charge is 2.27. The summed E-state index contributed by atoms with van der Waals surface area (Å²) >= 11 is 0. The van der Waals surface area contributed by atoms with Crippen molar-refractivity contribution in [3.05, 3.63) is 77.6 Å². The normalized spacial score (nSPS) is 12.3. The highest BCUT2D eigenvalue weighted by atomic mass is 16.5. The molecule has 0 atom stereocenters. The van der Waals surface area contributed by atoms with E-state index in [0.717, 1.165) is 42.2 Å². The van der Waals surface area contributed by atoms with Crippen LogP contribution in [0.5, 0.6) is 11.5 Å². The molecular formula is C24H22N2O3. The van der Waals surface area contributed by atoms with Crippen molar-refractivity contribution in [3.8, 4) is 34.1 Å². The maximum absolute atomic E-state index is 5.60. The first-order chi connectivity index (χ1) is 14.3. The zero-order valence-corrected chi connectivity index (χ0v) is 16.5. The van der Waals surface area contributed by atoms with Gasteiger partial charge in [-0.25, -0.2) is 0 Å². The molecule has 4 aromatic rings. The number of fused-ring (bicyclic) bond motifs is 3. The number of ether oxygens (including phenoxy) is 2. The lowest BCUT2D eigenvalue weighted by molar-refractivity contribution is 0.414. The fourth-order valence-electron chi connectivity index (χ4n) is 4.11. The lowest BCUT2D eigenvalue weighted by Crippen LogP contribution is -2.03. The van der Waals surface area contributed by atoms with Crippen molar-refractivity contribution >= 4 is 0 Å². The van der Waals surface area contributed by atoms with E-state index in [0.29, 0.717) is 0 Å². The Morgan fingerprint density at radius 2 is 1.62 bits per heavy atom. The van der Waals surface area contributed by atoms with Crippen LogP contribution in [-0.2, 0) is 19.4 Å². The molecule has 0 fully saturated rings. The predicted octanol–water partition coefficient (Wildman–Crippen LogP) is 4.97. The van der Waals surface area contributed by atoms with Crippen molar-refractivity contribution in [2.45, 2.75) is 19.4 Å². The highest BCUT2D eigenvalue weighted by Crippen LogP contribution is 2.41. The largest absolute Gasteiger partial charge is 0.497 e. The van der Waals surface area contributed by atoms with Crippen LogP contribution >= 0.6 is 0 Å². The van der Waals surface area contributed by atoms with Crippen molar-refractivity contribution in [2.24, 2.45) is 0 Å². The summed E-state index contributed by atoms with van der Waals surface area (Å²) in [4.78, 5) is 0. The molecule has 29 heavy (non-hydrogen) atoms. The summed E-state index contributed by atoms with van der Waals surface area (Å²) in [6.45, 7) is 0.766. The summed E-state index contributed by atoms with van der Waals surface area (Å²) in [7, 11) is 3.38. The van der Waals surface area contributed by atoms with E-state index in [4.69, 9.17) is 14.0 Å². The average molecular weight is 386 g/mol. The molecule has 146 valence electrons. The smallest absolute Gasteiger partial charge is 0.171 e. The first kappa shape index (κ1) is 17.6. The predicted molar refractivity (Wildman–Crippen MR) is 111 cm³/mol. The Morgan fingerprint density at radius 3 is 2.31 bits per heavy atom. The molecule has 0 saturated carbocycles. The molecule has 1 aliphatic rings. The van der Waals surface area contributed by atoms with Gasteiger partial charge in [0.05, 0.1) is 26.1 Å². The Kier molecular flexibility index (Phi) is 4.35. The molecule has 0 saturated heterocycles. The maximum Gasteiger partial charge on any atom is 0.171 e. The number of aromatic nitrogens is 2. The van der Waals surface area contributed by atoms with Crippen LogP contribution < -0.4 is 9.47 Å². The summed E-state index contributed by atoms with van der Waals surface area (Å²) in [5.74, 6) is 2.62. The number of hydrogen-bond donors (Lipinski definition) is 0. The van der Waals surface area contributed by atoms with Gasteiger partial charge in [0.1, 0.15) is 11.5 Å². The summed E-state index contributed by atoms with van der Waals surface area (Å²) < 4.78 is 18.5. The third-order valence-corrected chi connectivity index (χ3v) is 5.59. The third-order valence-electron chi connectivity index (χ3n) is 5.59. The fraction of sp³-hybridized carbons (Fsp3) is 0.208. The minimum atomic E-state index is 0.766. The second kappa shape index (κ2) is 7.17. The molecule has 0 unspecified atom stereocenters. The Bertz CT molecular complexity index is 1140. The lowest BCUT2D eigenvalue weighted by atomic mass is 9.91.